The Kier molecular flexibility index (Phi) is 2.83. The van der Waals surface area contributed by atoms with Crippen LogP contribution in [0.5, 0.6) is 0 Å². The minimum atomic E-state index is -2.88. The third kappa shape index (κ3) is 2.12. The molecule has 0 spiro atoms. The zero-order chi connectivity index (χ0) is 12.8. The van der Waals surface area contributed by atoms with E-state index in [2.05, 4.69) is 35.3 Å². The third-order valence-electron chi connectivity index (χ3n) is 3.82. The van der Waals surface area contributed by atoms with Crippen LogP contribution in [0.4, 0.5) is 5.69 Å². The first-order valence-corrected chi connectivity index (χ1v) is 8.14. The highest BCUT2D eigenvalue weighted by molar-refractivity contribution is 7.91. The second-order valence-corrected chi connectivity index (χ2v) is 7.39. The van der Waals surface area contributed by atoms with Gasteiger partial charge in [0.1, 0.15) is 0 Å². The Morgan fingerprint density at radius 2 is 2.17 bits per heavy atom. The molecule has 2 aliphatic rings. The first kappa shape index (κ1) is 12.0. The largest absolute Gasteiger partial charge is 0.365 e. The van der Waals surface area contributed by atoms with Crippen molar-refractivity contribution in [3.8, 4) is 0 Å². The van der Waals surface area contributed by atoms with Crippen LogP contribution in [0.25, 0.3) is 0 Å². The molecule has 0 aliphatic carbocycles. The summed E-state index contributed by atoms with van der Waals surface area (Å²) in [5.74, 6) is 0.554. The summed E-state index contributed by atoms with van der Waals surface area (Å²) in [4.78, 5) is 2.25. The van der Waals surface area contributed by atoms with Crippen molar-refractivity contribution >= 4 is 15.5 Å². The maximum absolute atomic E-state index is 11.8. The lowest BCUT2D eigenvalue weighted by Crippen LogP contribution is -2.57. The molecule has 2 saturated heterocycles. The number of nitrogens with one attached hydrogen (secondary N) is 1. The Bertz CT molecular complexity index is 556. The summed E-state index contributed by atoms with van der Waals surface area (Å²) >= 11 is 0. The van der Waals surface area contributed by atoms with Gasteiger partial charge in [0.2, 0.25) is 0 Å². The van der Waals surface area contributed by atoms with Gasteiger partial charge in [0.05, 0.1) is 17.5 Å². The number of hydrogen-bond acceptors (Lipinski definition) is 4. The van der Waals surface area contributed by atoms with E-state index in [1.165, 1.54) is 5.56 Å². The van der Waals surface area contributed by atoms with E-state index in [1.807, 2.05) is 6.07 Å². The van der Waals surface area contributed by atoms with Crippen molar-refractivity contribution in [3.05, 3.63) is 29.8 Å². The monoisotopic (exact) mass is 266 g/mol. The van der Waals surface area contributed by atoms with Crippen molar-refractivity contribution in [2.45, 2.75) is 19.0 Å². The van der Waals surface area contributed by atoms with E-state index in [-0.39, 0.29) is 23.6 Å². The van der Waals surface area contributed by atoms with Crippen molar-refractivity contribution in [1.29, 1.82) is 0 Å². The van der Waals surface area contributed by atoms with E-state index in [4.69, 9.17) is 0 Å². The van der Waals surface area contributed by atoms with Crippen molar-refractivity contribution in [1.82, 2.24) is 5.32 Å². The number of sulfone groups is 1. The van der Waals surface area contributed by atoms with Gasteiger partial charge in [-0.1, -0.05) is 12.1 Å². The molecule has 2 atom stereocenters. The molecule has 0 saturated carbocycles. The highest BCUT2D eigenvalue weighted by atomic mass is 32.2. The third-order valence-corrected chi connectivity index (χ3v) is 5.53. The Labute approximate surface area is 108 Å². The molecule has 0 radical (unpaired) electrons. The van der Waals surface area contributed by atoms with Crippen molar-refractivity contribution in [2.75, 3.05) is 29.5 Å². The first-order valence-electron chi connectivity index (χ1n) is 6.32. The van der Waals surface area contributed by atoms with Crippen LogP contribution in [0.3, 0.4) is 0 Å². The molecule has 1 aromatic rings. The van der Waals surface area contributed by atoms with Gasteiger partial charge in [0.25, 0.3) is 0 Å². The predicted octanol–water partition coefficient (Wildman–Crippen LogP) is 0.570. The lowest BCUT2D eigenvalue weighted by molar-refractivity contribution is 0.425. The molecule has 2 unspecified atom stereocenters. The van der Waals surface area contributed by atoms with Crippen LogP contribution >= 0.6 is 0 Å². The average molecular weight is 266 g/mol. The van der Waals surface area contributed by atoms with E-state index in [0.29, 0.717) is 0 Å². The standard InChI is InChI=1S/C13H18N2O2S/c1-10-3-2-4-11(7-10)15-6-5-14-12-8-18(16,17)9-13(12)15/h2-4,7,12-14H,5-6,8-9H2,1H3. The quantitative estimate of drug-likeness (QED) is 0.807. The molecule has 5 heteroatoms. The lowest BCUT2D eigenvalue weighted by atomic mass is 10.1. The Balaban J connectivity index is 1.93. The van der Waals surface area contributed by atoms with E-state index < -0.39 is 9.84 Å². The molecule has 1 N–H and O–H groups in total. The number of rotatable bonds is 1. The maximum atomic E-state index is 11.8. The van der Waals surface area contributed by atoms with Crippen LogP contribution < -0.4 is 10.2 Å². The fourth-order valence-electron chi connectivity index (χ4n) is 2.99. The summed E-state index contributed by atoms with van der Waals surface area (Å²) in [6, 6.07) is 8.47. The number of anilines is 1. The van der Waals surface area contributed by atoms with Gasteiger partial charge in [-0.2, -0.15) is 0 Å². The molecule has 0 amide bonds. The second kappa shape index (κ2) is 4.24. The number of aryl methyl sites for hydroxylation is 1. The number of piperazine rings is 1. The van der Waals surface area contributed by atoms with Crippen LogP contribution in [0, 0.1) is 6.92 Å². The molecule has 0 aromatic heterocycles. The molecule has 2 fully saturated rings. The van der Waals surface area contributed by atoms with Gasteiger partial charge in [-0.15, -0.1) is 0 Å². The van der Waals surface area contributed by atoms with Crippen molar-refractivity contribution in [2.24, 2.45) is 0 Å². The summed E-state index contributed by atoms with van der Waals surface area (Å²) < 4.78 is 23.5. The molecule has 1 aromatic carbocycles. The Morgan fingerprint density at radius 3 is 2.94 bits per heavy atom. The summed E-state index contributed by atoms with van der Waals surface area (Å²) in [5, 5.41) is 3.33. The topological polar surface area (TPSA) is 49.4 Å². The lowest BCUT2D eigenvalue weighted by Gasteiger charge is -2.39. The van der Waals surface area contributed by atoms with E-state index in [0.717, 1.165) is 18.8 Å². The van der Waals surface area contributed by atoms with Crippen molar-refractivity contribution in [3.63, 3.8) is 0 Å². The normalized spacial score (nSPS) is 30.2. The molecule has 98 valence electrons. The van der Waals surface area contributed by atoms with Gasteiger partial charge in [0.15, 0.2) is 9.84 Å². The molecule has 4 nitrogen and oxygen atoms in total. The predicted molar refractivity (Wildman–Crippen MR) is 72.8 cm³/mol. The number of benzene rings is 1. The zero-order valence-corrected chi connectivity index (χ0v) is 11.3. The van der Waals surface area contributed by atoms with Gasteiger partial charge >= 0.3 is 0 Å². The zero-order valence-electron chi connectivity index (χ0n) is 10.5. The number of hydrogen-bond donors (Lipinski definition) is 1. The Hall–Kier alpha value is -1.07. The summed E-state index contributed by atoms with van der Waals surface area (Å²) in [7, 11) is -2.88. The molecule has 3 rings (SSSR count). The van der Waals surface area contributed by atoms with E-state index in [1.54, 1.807) is 0 Å². The molecular weight excluding hydrogens is 248 g/mol. The van der Waals surface area contributed by atoms with Crippen molar-refractivity contribution < 1.29 is 8.42 Å². The van der Waals surface area contributed by atoms with Crippen LogP contribution in [0.15, 0.2) is 24.3 Å². The Morgan fingerprint density at radius 1 is 1.33 bits per heavy atom. The fourth-order valence-corrected chi connectivity index (χ4v) is 4.95. The number of nitrogens with zero attached hydrogens (tertiary/aromatic N) is 1. The van der Waals surface area contributed by atoms with Gasteiger partial charge in [-0.25, -0.2) is 8.42 Å². The summed E-state index contributed by atoms with van der Waals surface area (Å²) in [5.41, 5.74) is 2.35. The average Bonchev–Trinajstić information content (AvgIpc) is 2.62. The molecule has 2 heterocycles. The van der Waals surface area contributed by atoms with Gasteiger partial charge < -0.3 is 10.2 Å². The van der Waals surface area contributed by atoms with Gasteiger partial charge in [-0.05, 0) is 24.6 Å². The van der Waals surface area contributed by atoms with Gasteiger partial charge in [0, 0.05) is 24.8 Å². The minimum Gasteiger partial charge on any atom is -0.365 e. The smallest absolute Gasteiger partial charge is 0.153 e. The van der Waals surface area contributed by atoms with Crippen LogP contribution in [-0.2, 0) is 9.84 Å². The fraction of sp³-hybridized carbons (Fsp3) is 0.538. The molecule has 2 aliphatic heterocycles. The van der Waals surface area contributed by atoms with Crippen LogP contribution in [-0.4, -0.2) is 45.1 Å². The molecular formula is C13H18N2O2S. The molecule has 18 heavy (non-hydrogen) atoms. The van der Waals surface area contributed by atoms with Gasteiger partial charge in [-0.3, -0.25) is 0 Å². The summed E-state index contributed by atoms with van der Waals surface area (Å²) in [6.07, 6.45) is 0. The van der Waals surface area contributed by atoms with E-state index >= 15 is 0 Å². The minimum absolute atomic E-state index is 0.0873. The van der Waals surface area contributed by atoms with Crippen LogP contribution in [0.2, 0.25) is 0 Å². The SMILES string of the molecule is Cc1cccc(N2CCNC3CS(=O)(=O)CC32)c1. The second-order valence-electron chi connectivity index (χ2n) is 5.24. The first-order chi connectivity index (χ1) is 8.55. The highest BCUT2D eigenvalue weighted by Gasteiger charge is 2.42. The summed E-state index contributed by atoms with van der Waals surface area (Å²) in [6.45, 7) is 3.79. The maximum Gasteiger partial charge on any atom is 0.153 e. The van der Waals surface area contributed by atoms with Crippen LogP contribution in [0.1, 0.15) is 5.56 Å². The number of fused-ring (bicyclic) bond motifs is 1. The highest BCUT2D eigenvalue weighted by Crippen LogP contribution is 2.27. The molecule has 0 bridgehead atoms. The van der Waals surface area contributed by atoms with E-state index in [9.17, 15) is 8.42 Å².